The zero-order chi connectivity index (χ0) is 10.5. The highest BCUT2D eigenvalue weighted by molar-refractivity contribution is 6.09. The Balaban J connectivity index is 2.64. The molecule has 0 saturated carbocycles. The Morgan fingerprint density at radius 3 is 2.64 bits per heavy atom. The van der Waals surface area contributed by atoms with Gasteiger partial charge in [0.05, 0.1) is 17.9 Å². The van der Waals surface area contributed by atoms with Crippen molar-refractivity contribution >= 4 is 11.8 Å². The average molecular weight is 193 g/mol. The molecular weight excluding hydrogens is 182 g/mol. The van der Waals surface area contributed by atoms with Crippen molar-refractivity contribution in [3.63, 3.8) is 0 Å². The van der Waals surface area contributed by atoms with E-state index < -0.39 is 0 Å². The summed E-state index contributed by atoms with van der Waals surface area (Å²) in [6.45, 7) is 1.76. The molecule has 0 N–H and O–H groups in total. The number of fused-ring (bicyclic) bond motifs is 1. The van der Waals surface area contributed by atoms with E-state index in [2.05, 4.69) is 4.98 Å². The molecule has 5 nitrogen and oxygen atoms in total. The van der Waals surface area contributed by atoms with Crippen LogP contribution in [0.5, 0.6) is 0 Å². The van der Waals surface area contributed by atoms with Crippen LogP contribution in [0.25, 0.3) is 0 Å². The molecule has 0 bridgehead atoms. The highest BCUT2D eigenvalue weighted by Crippen LogP contribution is 2.26. The van der Waals surface area contributed by atoms with E-state index in [1.165, 1.54) is 7.05 Å². The van der Waals surface area contributed by atoms with Gasteiger partial charge in [-0.05, 0) is 6.92 Å². The van der Waals surface area contributed by atoms with Gasteiger partial charge < -0.3 is 4.57 Å². The summed E-state index contributed by atoms with van der Waals surface area (Å²) in [5.41, 5.74) is 1.10. The predicted molar refractivity (Wildman–Crippen MR) is 48.7 cm³/mol. The average Bonchev–Trinajstić information content (AvgIpc) is 2.54. The van der Waals surface area contributed by atoms with E-state index in [-0.39, 0.29) is 17.7 Å². The molecule has 0 radical (unpaired) electrons. The van der Waals surface area contributed by atoms with Crippen molar-refractivity contribution in [1.82, 2.24) is 14.5 Å². The van der Waals surface area contributed by atoms with Gasteiger partial charge in [-0.15, -0.1) is 0 Å². The van der Waals surface area contributed by atoms with Gasteiger partial charge >= 0.3 is 0 Å². The molecule has 0 fully saturated rings. The number of aryl methyl sites for hydroxylation is 1. The van der Waals surface area contributed by atoms with Gasteiger partial charge in [0.25, 0.3) is 5.91 Å². The van der Waals surface area contributed by atoms with Crippen molar-refractivity contribution in [3.8, 4) is 0 Å². The smallest absolute Gasteiger partial charge is 0.278 e. The Labute approximate surface area is 81.3 Å². The second-order valence-corrected chi connectivity index (χ2v) is 3.51. The standard InChI is InChI=1S/C9H11N3O2/c1-5-6-7(11(2)4-10-6)9(14)12(3)8(5)13/h4-5H,1-3H3. The van der Waals surface area contributed by atoms with Crippen LogP contribution in [0, 0.1) is 0 Å². The Morgan fingerprint density at radius 2 is 2.00 bits per heavy atom. The molecule has 1 aromatic rings. The highest BCUT2D eigenvalue weighted by atomic mass is 16.2. The van der Waals surface area contributed by atoms with Crippen LogP contribution >= 0.6 is 0 Å². The zero-order valence-electron chi connectivity index (χ0n) is 8.31. The number of rotatable bonds is 0. The third-order valence-corrected chi connectivity index (χ3v) is 2.58. The molecule has 0 spiro atoms. The molecule has 74 valence electrons. The van der Waals surface area contributed by atoms with Crippen LogP contribution in [0.1, 0.15) is 29.0 Å². The summed E-state index contributed by atoms with van der Waals surface area (Å²) < 4.78 is 1.65. The summed E-state index contributed by atoms with van der Waals surface area (Å²) in [6, 6.07) is 0. The van der Waals surface area contributed by atoms with Gasteiger partial charge in [0, 0.05) is 14.1 Å². The maximum Gasteiger partial charge on any atom is 0.278 e. The van der Waals surface area contributed by atoms with Crippen molar-refractivity contribution in [2.24, 2.45) is 7.05 Å². The maximum atomic E-state index is 11.7. The minimum Gasteiger partial charge on any atom is -0.329 e. The molecule has 1 aliphatic rings. The van der Waals surface area contributed by atoms with Gasteiger partial charge in [-0.2, -0.15) is 0 Å². The quantitative estimate of drug-likeness (QED) is 0.550. The highest BCUT2D eigenvalue weighted by Gasteiger charge is 2.37. The van der Waals surface area contributed by atoms with Crippen molar-refractivity contribution in [3.05, 3.63) is 17.7 Å². The first-order valence-corrected chi connectivity index (χ1v) is 4.37. The largest absolute Gasteiger partial charge is 0.329 e. The van der Waals surface area contributed by atoms with E-state index in [9.17, 15) is 9.59 Å². The number of nitrogens with zero attached hydrogens (tertiary/aromatic N) is 3. The first-order chi connectivity index (χ1) is 6.54. The Kier molecular flexibility index (Phi) is 1.70. The van der Waals surface area contributed by atoms with Crippen molar-refractivity contribution in [2.75, 3.05) is 7.05 Å². The summed E-state index contributed by atoms with van der Waals surface area (Å²) in [6.07, 6.45) is 1.56. The summed E-state index contributed by atoms with van der Waals surface area (Å²) in [4.78, 5) is 28.5. The second-order valence-electron chi connectivity index (χ2n) is 3.51. The fourth-order valence-electron chi connectivity index (χ4n) is 1.69. The van der Waals surface area contributed by atoms with Crippen molar-refractivity contribution < 1.29 is 9.59 Å². The van der Waals surface area contributed by atoms with E-state index in [4.69, 9.17) is 0 Å². The predicted octanol–water partition coefficient (Wildman–Crippen LogP) is 0.136. The number of carbonyl (C=O) groups is 2. The Hall–Kier alpha value is -1.65. The normalized spacial score (nSPS) is 21.4. The van der Waals surface area contributed by atoms with Gasteiger partial charge in [-0.3, -0.25) is 14.5 Å². The topological polar surface area (TPSA) is 55.2 Å². The van der Waals surface area contributed by atoms with Crippen molar-refractivity contribution in [1.29, 1.82) is 0 Å². The van der Waals surface area contributed by atoms with Gasteiger partial charge in [-0.25, -0.2) is 4.98 Å². The van der Waals surface area contributed by atoms with E-state index in [1.807, 2.05) is 0 Å². The molecule has 0 saturated heterocycles. The minimum atomic E-state index is -0.325. The summed E-state index contributed by atoms with van der Waals surface area (Å²) in [5, 5.41) is 0. The van der Waals surface area contributed by atoms with Crippen LogP contribution in [0.3, 0.4) is 0 Å². The zero-order valence-corrected chi connectivity index (χ0v) is 8.31. The minimum absolute atomic E-state index is 0.193. The summed E-state index contributed by atoms with van der Waals surface area (Å²) in [7, 11) is 3.25. The fraction of sp³-hybridized carbons (Fsp3) is 0.444. The molecule has 2 amide bonds. The lowest BCUT2D eigenvalue weighted by atomic mass is 9.99. The van der Waals surface area contributed by atoms with E-state index >= 15 is 0 Å². The number of hydrogen-bond donors (Lipinski definition) is 0. The van der Waals surface area contributed by atoms with E-state index in [0.29, 0.717) is 11.4 Å². The van der Waals surface area contributed by atoms with Crippen LogP contribution in [-0.2, 0) is 11.8 Å². The molecule has 0 aromatic carbocycles. The summed E-state index contributed by atoms with van der Waals surface area (Å²) >= 11 is 0. The monoisotopic (exact) mass is 193 g/mol. The molecule has 1 unspecified atom stereocenters. The van der Waals surface area contributed by atoms with Crippen LogP contribution in [0.4, 0.5) is 0 Å². The molecule has 0 aliphatic carbocycles. The Morgan fingerprint density at radius 1 is 1.36 bits per heavy atom. The molecule has 1 aromatic heterocycles. The third kappa shape index (κ3) is 0.921. The number of hydrogen-bond acceptors (Lipinski definition) is 3. The number of likely N-dealkylation sites (N-methyl/N-ethyl adjacent to an activating group) is 1. The number of imidazole rings is 1. The van der Waals surface area contributed by atoms with Gasteiger partial charge in [0.15, 0.2) is 0 Å². The first kappa shape index (κ1) is 8.93. The Bertz CT molecular complexity index is 422. The molecule has 14 heavy (non-hydrogen) atoms. The van der Waals surface area contributed by atoms with Crippen LogP contribution in [0.15, 0.2) is 6.33 Å². The van der Waals surface area contributed by atoms with Gasteiger partial charge in [0.1, 0.15) is 5.69 Å². The maximum absolute atomic E-state index is 11.7. The lowest BCUT2D eigenvalue weighted by molar-refractivity contribution is -0.129. The molecule has 2 heterocycles. The van der Waals surface area contributed by atoms with Crippen molar-refractivity contribution in [2.45, 2.75) is 12.8 Å². The number of amides is 2. The first-order valence-electron chi connectivity index (χ1n) is 4.37. The lowest BCUT2D eigenvalue weighted by Gasteiger charge is -2.25. The molecule has 1 aliphatic heterocycles. The van der Waals surface area contributed by atoms with Gasteiger partial charge in [-0.1, -0.05) is 0 Å². The second kappa shape index (κ2) is 2.67. The molecule has 1 atom stereocenters. The number of carbonyl (C=O) groups excluding carboxylic acids is 2. The molecular formula is C9H11N3O2. The van der Waals surface area contributed by atoms with Crippen LogP contribution in [0.2, 0.25) is 0 Å². The molecule has 2 rings (SSSR count). The number of imide groups is 1. The SMILES string of the molecule is CC1C(=O)N(C)C(=O)c2c1ncn2C. The van der Waals surface area contributed by atoms with E-state index in [1.54, 1.807) is 24.9 Å². The molecule has 5 heteroatoms. The van der Waals surface area contributed by atoms with E-state index in [0.717, 1.165) is 4.90 Å². The third-order valence-electron chi connectivity index (χ3n) is 2.58. The summed E-state index contributed by atoms with van der Waals surface area (Å²) in [5.74, 6) is -0.793. The fourth-order valence-corrected chi connectivity index (χ4v) is 1.69. The van der Waals surface area contributed by atoms with Crippen LogP contribution < -0.4 is 0 Å². The number of aromatic nitrogens is 2. The lowest BCUT2D eigenvalue weighted by Crippen LogP contribution is -2.42. The van der Waals surface area contributed by atoms with Gasteiger partial charge in [0.2, 0.25) is 5.91 Å². The van der Waals surface area contributed by atoms with Crippen LogP contribution in [-0.4, -0.2) is 33.3 Å².